The summed E-state index contributed by atoms with van der Waals surface area (Å²) >= 11 is 14.7. The summed E-state index contributed by atoms with van der Waals surface area (Å²) in [6.07, 6.45) is -2.82. The number of thiazole rings is 1. The number of hydrogen-bond acceptors (Lipinski definition) is 7. The number of aromatic nitrogens is 5. The second kappa shape index (κ2) is 12.1. The zero-order valence-electron chi connectivity index (χ0n) is 21.9. The van der Waals surface area contributed by atoms with Gasteiger partial charge < -0.3 is 9.88 Å². The van der Waals surface area contributed by atoms with E-state index in [-0.39, 0.29) is 23.1 Å². The van der Waals surface area contributed by atoms with Gasteiger partial charge in [-0.3, -0.25) is 4.79 Å². The molecule has 6 rings (SSSR count). The van der Waals surface area contributed by atoms with Crippen molar-refractivity contribution in [2.75, 3.05) is 11.1 Å². The largest absolute Gasteiger partial charge is 0.416 e. The van der Waals surface area contributed by atoms with Crippen LogP contribution >= 0.6 is 46.3 Å². The highest BCUT2D eigenvalue weighted by Gasteiger charge is 2.31. The number of carbonyl (C=O) groups excluding carboxylic acids is 1. The predicted molar refractivity (Wildman–Crippen MR) is 164 cm³/mol. The van der Waals surface area contributed by atoms with E-state index >= 15 is 0 Å². The van der Waals surface area contributed by atoms with Gasteiger partial charge in [-0.1, -0.05) is 65.3 Å². The van der Waals surface area contributed by atoms with E-state index in [1.807, 2.05) is 53.1 Å². The highest BCUT2D eigenvalue weighted by atomic mass is 35.5. The van der Waals surface area contributed by atoms with Crippen LogP contribution in [0.4, 0.5) is 18.3 Å². The van der Waals surface area contributed by atoms with Crippen molar-refractivity contribution in [1.29, 1.82) is 0 Å². The second-order valence-electron chi connectivity index (χ2n) is 9.45. The Labute approximate surface area is 261 Å². The fourth-order valence-corrected chi connectivity index (χ4v) is 6.30. The number of nitrogens with one attached hydrogen (secondary N) is 1. The molecule has 0 fully saturated rings. The fourth-order valence-electron chi connectivity index (χ4n) is 4.51. The molecule has 43 heavy (non-hydrogen) atoms. The highest BCUT2D eigenvalue weighted by molar-refractivity contribution is 7.99. The number of nitrogens with zero attached hydrogens (tertiary/aromatic N) is 5. The lowest BCUT2D eigenvalue weighted by atomic mass is 10.1. The summed E-state index contributed by atoms with van der Waals surface area (Å²) in [5, 5.41) is 13.6. The number of anilines is 1. The molecular weight excluding hydrogens is 640 g/mol. The van der Waals surface area contributed by atoms with Crippen LogP contribution in [0.2, 0.25) is 10.0 Å². The minimum atomic E-state index is -4.47. The normalized spacial score (nSPS) is 11.8. The molecule has 0 radical (unpaired) electrons. The molecule has 0 saturated heterocycles. The molecule has 218 valence electrons. The van der Waals surface area contributed by atoms with E-state index in [4.69, 9.17) is 28.2 Å². The monoisotopic (exact) mass is 658 g/mol. The Hall–Kier alpha value is -3.71. The third-order valence-electron chi connectivity index (χ3n) is 6.46. The number of thioether (sulfide) groups is 1. The SMILES string of the molecule is O=C(CSc1nnc2c3cc(Cl)ccc3n(Cc3ccccc3)c2n1)Nc1ncc(Cc2cc(C(F)(F)F)ccc2Cl)s1. The van der Waals surface area contributed by atoms with Gasteiger partial charge in [0.05, 0.1) is 16.8 Å². The number of hydrogen-bond donors (Lipinski definition) is 1. The van der Waals surface area contributed by atoms with E-state index < -0.39 is 11.7 Å². The zero-order chi connectivity index (χ0) is 30.1. The number of halogens is 5. The third-order valence-corrected chi connectivity index (χ3v) is 8.82. The van der Waals surface area contributed by atoms with Gasteiger partial charge in [0, 0.05) is 39.5 Å². The van der Waals surface area contributed by atoms with E-state index in [0.29, 0.717) is 43.5 Å². The van der Waals surface area contributed by atoms with Crippen molar-refractivity contribution in [3.8, 4) is 0 Å². The first-order chi connectivity index (χ1) is 20.6. The van der Waals surface area contributed by atoms with Crippen molar-refractivity contribution >= 4 is 79.4 Å². The van der Waals surface area contributed by atoms with E-state index in [9.17, 15) is 18.0 Å². The van der Waals surface area contributed by atoms with Crippen LogP contribution in [0.15, 0.2) is 78.1 Å². The Morgan fingerprint density at radius 1 is 1.02 bits per heavy atom. The molecular formula is C29H19Cl2F3N6OS2. The van der Waals surface area contributed by atoms with E-state index in [2.05, 4.69) is 20.5 Å². The van der Waals surface area contributed by atoms with Crippen molar-refractivity contribution in [2.24, 2.45) is 0 Å². The highest BCUT2D eigenvalue weighted by Crippen LogP contribution is 2.34. The molecule has 0 saturated carbocycles. The molecule has 3 heterocycles. The topological polar surface area (TPSA) is 85.6 Å². The Morgan fingerprint density at radius 3 is 2.63 bits per heavy atom. The molecule has 14 heteroatoms. The van der Waals surface area contributed by atoms with E-state index in [1.54, 1.807) is 0 Å². The van der Waals surface area contributed by atoms with Gasteiger partial charge in [0.25, 0.3) is 0 Å². The smallest absolute Gasteiger partial charge is 0.319 e. The van der Waals surface area contributed by atoms with Gasteiger partial charge in [-0.2, -0.15) is 13.2 Å². The number of fused-ring (bicyclic) bond motifs is 3. The molecule has 0 aliphatic heterocycles. The Morgan fingerprint density at radius 2 is 1.84 bits per heavy atom. The van der Waals surface area contributed by atoms with Crippen LogP contribution in [0.3, 0.4) is 0 Å². The molecule has 6 aromatic rings. The molecule has 0 atom stereocenters. The summed E-state index contributed by atoms with van der Waals surface area (Å²) in [4.78, 5) is 22.3. The van der Waals surface area contributed by atoms with Crippen molar-refractivity contribution in [1.82, 2.24) is 24.7 Å². The van der Waals surface area contributed by atoms with Crippen LogP contribution in [0.25, 0.3) is 22.1 Å². The lowest BCUT2D eigenvalue weighted by Gasteiger charge is -2.09. The zero-order valence-corrected chi connectivity index (χ0v) is 25.0. The summed E-state index contributed by atoms with van der Waals surface area (Å²) in [7, 11) is 0. The lowest BCUT2D eigenvalue weighted by molar-refractivity contribution is -0.137. The van der Waals surface area contributed by atoms with Crippen molar-refractivity contribution in [3.63, 3.8) is 0 Å². The molecule has 0 aliphatic rings. The number of carbonyl (C=O) groups is 1. The van der Waals surface area contributed by atoms with Crippen LogP contribution in [0.1, 0.15) is 21.6 Å². The minimum Gasteiger partial charge on any atom is -0.319 e. The average molecular weight is 660 g/mol. The average Bonchev–Trinajstić information content (AvgIpc) is 3.54. The standard InChI is InChI=1S/C29H19Cl2F3N6OS2/c30-19-7-9-23-21(12-19)25-26(40(23)14-16-4-2-1-3-5-16)37-28(39-38-25)42-15-24(41)36-27-35-13-20(43-27)11-17-10-18(29(32,33)34)6-8-22(17)31/h1-10,12-13H,11,14-15H2,(H,35,36,41). The van der Waals surface area contributed by atoms with Crippen LogP contribution in [-0.4, -0.2) is 36.4 Å². The summed E-state index contributed by atoms with van der Waals surface area (Å²) in [5.74, 6) is -0.352. The van der Waals surface area contributed by atoms with Crippen LogP contribution < -0.4 is 5.32 Å². The molecule has 0 spiro atoms. The Balaban J connectivity index is 1.15. The maximum absolute atomic E-state index is 13.1. The molecule has 1 amide bonds. The van der Waals surface area contributed by atoms with Crippen LogP contribution in [0, 0.1) is 0 Å². The Kier molecular flexibility index (Phi) is 8.27. The lowest BCUT2D eigenvalue weighted by Crippen LogP contribution is -2.14. The van der Waals surface area contributed by atoms with Crippen LogP contribution in [0.5, 0.6) is 0 Å². The fraction of sp³-hybridized carbons (Fsp3) is 0.138. The van der Waals surface area contributed by atoms with E-state index in [0.717, 1.165) is 51.7 Å². The first-order valence-electron chi connectivity index (χ1n) is 12.7. The summed E-state index contributed by atoms with van der Waals surface area (Å²) in [6, 6.07) is 18.7. The molecule has 3 aromatic heterocycles. The van der Waals surface area contributed by atoms with Gasteiger partial charge in [0.2, 0.25) is 11.1 Å². The van der Waals surface area contributed by atoms with Crippen molar-refractivity contribution in [3.05, 3.63) is 105 Å². The Bertz CT molecular complexity index is 1960. The molecule has 3 aromatic carbocycles. The van der Waals surface area contributed by atoms with Crippen molar-refractivity contribution in [2.45, 2.75) is 24.3 Å². The second-order valence-corrected chi connectivity index (χ2v) is 12.4. The predicted octanol–water partition coefficient (Wildman–Crippen LogP) is 8.13. The number of amides is 1. The maximum atomic E-state index is 13.1. The number of benzene rings is 3. The quantitative estimate of drug-likeness (QED) is 0.166. The van der Waals surface area contributed by atoms with Crippen molar-refractivity contribution < 1.29 is 18.0 Å². The van der Waals surface area contributed by atoms with E-state index in [1.165, 1.54) is 12.3 Å². The summed E-state index contributed by atoms with van der Waals surface area (Å²) < 4.78 is 41.4. The third kappa shape index (κ3) is 6.62. The van der Waals surface area contributed by atoms with Gasteiger partial charge in [-0.25, -0.2) is 9.97 Å². The summed E-state index contributed by atoms with van der Waals surface area (Å²) in [6.45, 7) is 0.559. The molecule has 0 unspecified atom stereocenters. The van der Waals surface area contributed by atoms with Gasteiger partial charge in [-0.15, -0.1) is 21.5 Å². The first-order valence-corrected chi connectivity index (χ1v) is 15.3. The molecule has 0 aliphatic carbocycles. The van der Waals surface area contributed by atoms with Gasteiger partial charge >= 0.3 is 6.18 Å². The number of alkyl halides is 3. The maximum Gasteiger partial charge on any atom is 0.416 e. The van der Waals surface area contributed by atoms with Crippen LogP contribution in [-0.2, 0) is 23.9 Å². The first kappa shape index (κ1) is 29.4. The van der Waals surface area contributed by atoms with Gasteiger partial charge in [0.15, 0.2) is 10.8 Å². The minimum absolute atomic E-state index is 0.00764. The summed E-state index contributed by atoms with van der Waals surface area (Å²) in [5.41, 5.74) is 2.77. The molecule has 1 N–H and O–H groups in total. The van der Waals surface area contributed by atoms with Gasteiger partial charge in [0.1, 0.15) is 5.52 Å². The van der Waals surface area contributed by atoms with Gasteiger partial charge in [-0.05, 0) is 47.5 Å². The molecule has 7 nitrogen and oxygen atoms in total. The molecule has 0 bridgehead atoms. The number of rotatable bonds is 8.